The Morgan fingerprint density at radius 3 is 2.48 bits per heavy atom. The minimum atomic E-state index is 0.336. The summed E-state index contributed by atoms with van der Waals surface area (Å²) in [6.45, 7) is 11.8. The van der Waals surface area contributed by atoms with Crippen molar-refractivity contribution < 1.29 is 4.79 Å². The highest BCUT2D eigenvalue weighted by molar-refractivity contribution is 5.79. The van der Waals surface area contributed by atoms with Crippen molar-refractivity contribution >= 4 is 5.78 Å². The number of ketones is 1. The minimum absolute atomic E-state index is 0.336. The lowest BCUT2D eigenvalue weighted by Gasteiger charge is -2.61. The second kappa shape index (κ2) is 4.96. The normalized spacial score (nSPS) is 55.7. The lowest BCUT2D eigenvalue weighted by molar-refractivity contribution is -0.141. The molecule has 4 rings (SSSR count). The molecule has 1 heteroatoms. The molecule has 0 aromatic rings. The summed E-state index contributed by atoms with van der Waals surface area (Å²) in [4.78, 5) is 12.0. The first kappa shape index (κ1) is 15.9. The van der Waals surface area contributed by atoms with E-state index in [1.165, 1.54) is 44.9 Å². The number of carbonyl (C=O) groups is 1. The van der Waals surface area contributed by atoms with Gasteiger partial charge in [0.05, 0.1) is 0 Å². The fraction of sp³-hybridized carbons (Fsp3) is 0.864. The van der Waals surface area contributed by atoms with Gasteiger partial charge in [-0.05, 0) is 84.9 Å². The van der Waals surface area contributed by atoms with Gasteiger partial charge in [-0.2, -0.15) is 0 Å². The number of hydrogen-bond acceptors (Lipinski definition) is 1. The Kier molecular flexibility index (Phi) is 3.43. The van der Waals surface area contributed by atoms with Crippen LogP contribution >= 0.6 is 0 Å². The number of hydrogen-bond donors (Lipinski definition) is 0. The number of allylic oxidation sites excluding steroid dienone is 1. The van der Waals surface area contributed by atoms with Crippen molar-refractivity contribution in [1.29, 1.82) is 0 Å². The summed E-state index contributed by atoms with van der Waals surface area (Å²) < 4.78 is 0. The van der Waals surface area contributed by atoms with Crippen molar-refractivity contribution in [2.24, 2.45) is 39.9 Å². The summed E-state index contributed by atoms with van der Waals surface area (Å²) in [6.07, 6.45) is 13.4. The van der Waals surface area contributed by atoms with E-state index in [9.17, 15) is 4.79 Å². The van der Waals surface area contributed by atoms with Crippen LogP contribution in [0.5, 0.6) is 0 Å². The van der Waals surface area contributed by atoms with Crippen LogP contribution in [0.15, 0.2) is 12.7 Å². The van der Waals surface area contributed by atoms with Crippen molar-refractivity contribution in [3.63, 3.8) is 0 Å². The third kappa shape index (κ3) is 1.94. The standard InChI is InChI=1S/C22H34O/c1-5-20(2)11-9-19-17-7-6-15-14-16(23)8-12-21(15,3)18(17)10-13-22(19,20)4/h5,15,17-19H,1,6-14H2,2-4H3/t15?,17?,18-,19-,20-,21-,22-/m0/s1. The molecule has 0 radical (unpaired) electrons. The molecule has 4 fully saturated rings. The van der Waals surface area contributed by atoms with Crippen molar-refractivity contribution in [2.75, 3.05) is 0 Å². The minimum Gasteiger partial charge on any atom is -0.300 e. The first-order chi connectivity index (χ1) is 10.8. The van der Waals surface area contributed by atoms with Gasteiger partial charge in [-0.1, -0.05) is 26.8 Å². The topological polar surface area (TPSA) is 17.1 Å². The fourth-order valence-corrected chi connectivity index (χ4v) is 7.68. The van der Waals surface area contributed by atoms with E-state index in [0.717, 1.165) is 30.6 Å². The fourth-order valence-electron chi connectivity index (χ4n) is 7.68. The Morgan fingerprint density at radius 1 is 1.00 bits per heavy atom. The van der Waals surface area contributed by atoms with Crippen molar-refractivity contribution in [1.82, 2.24) is 0 Å². The number of fused-ring (bicyclic) bond motifs is 5. The molecule has 4 aliphatic rings. The van der Waals surface area contributed by atoms with Gasteiger partial charge in [0.15, 0.2) is 0 Å². The molecule has 0 aromatic carbocycles. The summed E-state index contributed by atoms with van der Waals surface area (Å²) in [7, 11) is 0. The number of carbonyl (C=O) groups excluding carboxylic acids is 1. The summed E-state index contributed by atoms with van der Waals surface area (Å²) in [5.74, 6) is 3.89. The predicted octanol–water partition coefficient (Wildman–Crippen LogP) is 5.79. The Labute approximate surface area is 142 Å². The average Bonchev–Trinajstić information content (AvgIpc) is 2.80. The van der Waals surface area contributed by atoms with E-state index < -0.39 is 0 Å². The maximum atomic E-state index is 12.0. The van der Waals surface area contributed by atoms with Crippen molar-refractivity contribution in [2.45, 2.75) is 78.6 Å². The van der Waals surface area contributed by atoms with Gasteiger partial charge in [0, 0.05) is 12.8 Å². The van der Waals surface area contributed by atoms with Gasteiger partial charge in [-0.15, -0.1) is 6.58 Å². The Bertz CT molecular complexity index is 536. The Morgan fingerprint density at radius 2 is 1.74 bits per heavy atom. The molecule has 0 amide bonds. The van der Waals surface area contributed by atoms with E-state index in [-0.39, 0.29) is 0 Å². The smallest absolute Gasteiger partial charge is 0.133 e. The summed E-state index contributed by atoms with van der Waals surface area (Å²) in [5.41, 5.74) is 1.25. The third-order valence-electron chi connectivity index (χ3n) is 9.60. The lowest BCUT2D eigenvalue weighted by atomic mass is 9.43. The molecular weight excluding hydrogens is 280 g/mol. The van der Waals surface area contributed by atoms with Crippen LogP contribution in [0.25, 0.3) is 0 Å². The highest BCUT2D eigenvalue weighted by atomic mass is 16.1. The van der Waals surface area contributed by atoms with E-state index in [1.54, 1.807) is 0 Å². The SMILES string of the molecule is C=C[C@@]1(C)CC[C@H]2C3CCC4CC(=O)CC[C@]4(C)[C@H]3CC[C@@]21C. The van der Waals surface area contributed by atoms with Gasteiger partial charge in [-0.3, -0.25) is 4.79 Å². The maximum absolute atomic E-state index is 12.0. The van der Waals surface area contributed by atoms with E-state index >= 15 is 0 Å². The first-order valence-electron chi connectivity index (χ1n) is 9.99. The van der Waals surface area contributed by atoms with Gasteiger partial charge in [-0.25, -0.2) is 0 Å². The monoisotopic (exact) mass is 314 g/mol. The molecule has 0 saturated heterocycles. The zero-order chi connectivity index (χ0) is 16.5. The molecule has 0 N–H and O–H groups in total. The molecule has 4 saturated carbocycles. The average molecular weight is 315 g/mol. The van der Waals surface area contributed by atoms with Crippen LogP contribution in [0.2, 0.25) is 0 Å². The molecule has 0 aromatic heterocycles. The van der Waals surface area contributed by atoms with E-state index in [4.69, 9.17) is 0 Å². The Balaban J connectivity index is 1.65. The van der Waals surface area contributed by atoms with Crippen LogP contribution in [0.1, 0.15) is 78.6 Å². The molecular formula is C22H34O. The maximum Gasteiger partial charge on any atom is 0.133 e. The molecule has 128 valence electrons. The van der Waals surface area contributed by atoms with Crippen LogP contribution in [0.4, 0.5) is 0 Å². The number of rotatable bonds is 1. The molecule has 23 heavy (non-hydrogen) atoms. The summed E-state index contributed by atoms with van der Waals surface area (Å²) in [6, 6.07) is 0. The van der Waals surface area contributed by atoms with Crippen LogP contribution in [-0.4, -0.2) is 5.78 Å². The highest BCUT2D eigenvalue weighted by Crippen LogP contribution is 2.70. The quantitative estimate of drug-likeness (QED) is 0.560. The summed E-state index contributed by atoms with van der Waals surface area (Å²) in [5, 5.41) is 0. The molecule has 0 heterocycles. The number of Topliss-reactive ketones (excluding diaryl/α,β-unsaturated/α-hetero) is 1. The van der Waals surface area contributed by atoms with Crippen molar-refractivity contribution in [3.05, 3.63) is 12.7 Å². The summed E-state index contributed by atoms with van der Waals surface area (Å²) >= 11 is 0. The first-order valence-corrected chi connectivity index (χ1v) is 9.99. The van der Waals surface area contributed by atoms with Crippen LogP contribution in [0, 0.1) is 39.9 Å². The lowest BCUT2D eigenvalue weighted by Crippen LogP contribution is -2.54. The van der Waals surface area contributed by atoms with E-state index in [0.29, 0.717) is 27.9 Å². The van der Waals surface area contributed by atoms with Crippen LogP contribution in [-0.2, 0) is 4.79 Å². The molecule has 2 unspecified atom stereocenters. The predicted molar refractivity (Wildman–Crippen MR) is 95.0 cm³/mol. The zero-order valence-corrected chi connectivity index (χ0v) is 15.4. The van der Waals surface area contributed by atoms with Gasteiger partial charge in [0.1, 0.15) is 5.78 Å². The van der Waals surface area contributed by atoms with Crippen LogP contribution < -0.4 is 0 Å². The molecule has 0 aliphatic heterocycles. The van der Waals surface area contributed by atoms with Gasteiger partial charge < -0.3 is 0 Å². The molecule has 0 bridgehead atoms. The van der Waals surface area contributed by atoms with Crippen molar-refractivity contribution in [3.8, 4) is 0 Å². The molecule has 4 aliphatic carbocycles. The van der Waals surface area contributed by atoms with E-state index in [1.807, 2.05) is 0 Å². The van der Waals surface area contributed by atoms with E-state index in [2.05, 4.69) is 33.4 Å². The van der Waals surface area contributed by atoms with Gasteiger partial charge >= 0.3 is 0 Å². The Hall–Kier alpha value is -0.590. The second-order valence-electron chi connectivity index (χ2n) is 10.0. The van der Waals surface area contributed by atoms with Gasteiger partial charge in [0.25, 0.3) is 0 Å². The third-order valence-corrected chi connectivity index (χ3v) is 9.60. The largest absolute Gasteiger partial charge is 0.300 e. The second-order valence-corrected chi connectivity index (χ2v) is 10.0. The molecule has 0 spiro atoms. The zero-order valence-electron chi connectivity index (χ0n) is 15.4. The molecule has 7 atom stereocenters. The van der Waals surface area contributed by atoms with Gasteiger partial charge in [0.2, 0.25) is 0 Å². The highest BCUT2D eigenvalue weighted by Gasteiger charge is 2.62. The molecule has 1 nitrogen and oxygen atoms in total. The van der Waals surface area contributed by atoms with Crippen LogP contribution in [0.3, 0.4) is 0 Å².